The van der Waals surface area contributed by atoms with Crippen molar-refractivity contribution >= 4 is 17.7 Å². The van der Waals surface area contributed by atoms with Crippen LogP contribution in [-0.4, -0.2) is 55.1 Å². The highest BCUT2D eigenvalue weighted by atomic mass is 16.7. The van der Waals surface area contributed by atoms with Crippen molar-refractivity contribution in [3.63, 3.8) is 0 Å². The quantitative estimate of drug-likeness (QED) is 0.675. The predicted octanol–water partition coefficient (Wildman–Crippen LogP) is 2.47. The van der Waals surface area contributed by atoms with Crippen molar-refractivity contribution in [2.75, 3.05) is 26.4 Å². The average Bonchev–Trinajstić information content (AvgIpc) is 3.52. The first-order chi connectivity index (χ1) is 15.6. The summed E-state index contributed by atoms with van der Waals surface area (Å²) in [5.41, 5.74) is 0.427. The summed E-state index contributed by atoms with van der Waals surface area (Å²) in [6.07, 6.45) is 6.48. The Bertz CT molecular complexity index is 844. The fraction of sp³-hybridized carbons (Fsp3) is 0.625. The van der Waals surface area contributed by atoms with E-state index in [2.05, 4.69) is 10.6 Å². The third-order valence-corrected chi connectivity index (χ3v) is 6.78. The SMILES string of the molecule is CCCNC(=O)C(NC(=O)c1ccc2c(c1)OCO2)C1CCN(C(=O)C2CCCC2)CC1. The lowest BCUT2D eigenvalue weighted by Gasteiger charge is -2.36. The molecule has 1 saturated heterocycles. The van der Waals surface area contributed by atoms with E-state index in [1.807, 2.05) is 11.8 Å². The van der Waals surface area contributed by atoms with Crippen LogP contribution in [0.3, 0.4) is 0 Å². The Balaban J connectivity index is 1.41. The third kappa shape index (κ3) is 5.00. The van der Waals surface area contributed by atoms with E-state index in [1.54, 1.807) is 18.2 Å². The first-order valence-electron chi connectivity index (χ1n) is 11.8. The van der Waals surface area contributed by atoms with Gasteiger partial charge in [-0.25, -0.2) is 0 Å². The minimum Gasteiger partial charge on any atom is -0.454 e. The number of hydrogen-bond donors (Lipinski definition) is 2. The summed E-state index contributed by atoms with van der Waals surface area (Å²) in [5.74, 6) is 1.07. The van der Waals surface area contributed by atoms with Gasteiger partial charge in [-0.2, -0.15) is 0 Å². The molecule has 1 aliphatic carbocycles. The number of nitrogens with zero attached hydrogens (tertiary/aromatic N) is 1. The Morgan fingerprint density at radius 2 is 1.78 bits per heavy atom. The molecule has 0 bridgehead atoms. The van der Waals surface area contributed by atoms with Gasteiger partial charge in [0.05, 0.1) is 0 Å². The lowest BCUT2D eigenvalue weighted by atomic mass is 9.87. The molecule has 0 radical (unpaired) electrons. The number of piperidine rings is 1. The predicted molar refractivity (Wildman–Crippen MR) is 118 cm³/mol. The number of benzene rings is 1. The van der Waals surface area contributed by atoms with Crippen molar-refractivity contribution in [3.05, 3.63) is 23.8 Å². The normalized spacial score (nSPS) is 19.6. The van der Waals surface area contributed by atoms with E-state index in [0.29, 0.717) is 49.5 Å². The highest BCUT2D eigenvalue weighted by Gasteiger charge is 2.36. The molecule has 1 aromatic carbocycles. The second-order valence-electron chi connectivity index (χ2n) is 8.95. The number of fused-ring (bicyclic) bond motifs is 1. The summed E-state index contributed by atoms with van der Waals surface area (Å²) >= 11 is 0. The Kier molecular flexibility index (Phi) is 7.17. The molecule has 1 atom stereocenters. The smallest absolute Gasteiger partial charge is 0.252 e. The standard InChI is InChI=1S/C24H33N3O5/c1-2-11-25-23(29)21(26-22(28)18-7-8-19-20(14-18)32-15-31-19)16-9-12-27(13-10-16)24(30)17-5-3-4-6-17/h7-8,14,16-17,21H,2-6,9-13,15H2,1H3,(H,25,29)(H,26,28). The summed E-state index contributed by atoms with van der Waals surface area (Å²) in [5, 5.41) is 5.88. The van der Waals surface area contributed by atoms with E-state index in [9.17, 15) is 14.4 Å². The molecule has 0 aromatic heterocycles. The molecule has 2 N–H and O–H groups in total. The molecule has 3 aliphatic rings. The largest absolute Gasteiger partial charge is 0.454 e. The van der Waals surface area contributed by atoms with Crippen LogP contribution < -0.4 is 20.1 Å². The molecule has 2 aliphatic heterocycles. The van der Waals surface area contributed by atoms with Crippen molar-refractivity contribution in [2.45, 2.75) is 57.9 Å². The minimum absolute atomic E-state index is 0.0163. The lowest BCUT2D eigenvalue weighted by Crippen LogP contribution is -2.54. The molecule has 32 heavy (non-hydrogen) atoms. The van der Waals surface area contributed by atoms with Crippen LogP contribution in [-0.2, 0) is 9.59 Å². The zero-order chi connectivity index (χ0) is 22.5. The summed E-state index contributed by atoms with van der Waals surface area (Å²) in [6, 6.07) is 4.38. The van der Waals surface area contributed by atoms with Crippen LogP contribution in [0.2, 0.25) is 0 Å². The maximum atomic E-state index is 13.0. The summed E-state index contributed by atoms with van der Waals surface area (Å²) in [7, 11) is 0. The zero-order valence-corrected chi connectivity index (χ0v) is 18.7. The topological polar surface area (TPSA) is 97.0 Å². The van der Waals surface area contributed by atoms with Crippen LogP contribution in [0, 0.1) is 11.8 Å². The van der Waals surface area contributed by atoms with Gasteiger partial charge in [0.15, 0.2) is 11.5 Å². The van der Waals surface area contributed by atoms with E-state index in [0.717, 1.165) is 32.1 Å². The van der Waals surface area contributed by atoms with Crippen LogP contribution in [0.25, 0.3) is 0 Å². The highest BCUT2D eigenvalue weighted by Crippen LogP contribution is 2.33. The van der Waals surface area contributed by atoms with E-state index in [4.69, 9.17) is 9.47 Å². The Labute approximate surface area is 189 Å². The van der Waals surface area contributed by atoms with Crippen LogP contribution >= 0.6 is 0 Å². The highest BCUT2D eigenvalue weighted by molar-refractivity contribution is 5.98. The summed E-state index contributed by atoms with van der Waals surface area (Å²) in [6.45, 7) is 3.97. The number of ether oxygens (including phenoxy) is 2. The Hall–Kier alpha value is -2.77. The van der Waals surface area contributed by atoms with Gasteiger partial charge in [0, 0.05) is 31.1 Å². The Morgan fingerprint density at radius 3 is 2.50 bits per heavy atom. The number of carbonyl (C=O) groups is 3. The third-order valence-electron chi connectivity index (χ3n) is 6.78. The van der Waals surface area contributed by atoms with E-state index < -0.39 is 6.04 Å². The molecular weight excluding hydrogens is 410 g/mol. The molecule has 3 amide bonds. The van der Waals surface area contributed by atoms with Crippen molar-refractivity contribution < 1.29 is 23.9 Å². The van der Waals surface area contributed by atoms with Gasteiger partial charge in [0.25, 0.3) is 5.91 Å². The average molecular weight is 444 g/mol. The second kappa shape index (κ2) is 10.2. The first kappa shape index (κ1) is 22.4. The van der Waals surface area contributed by atoms with Crippen LogP contribution in [0.4, 0.5) is 0 Å². The molecule has 1 saturated carbocycles. The van der Waals surface area contributed by atoms with Gasteiger partial charge < -0.3 is 25.0 Å². The lowest BCUT2D eigenvalue weighted by molar-refractivity contribution is -0.137. The Morgan fingerprint density at radius 1 is 1.06 bits per heavy atom. The van der Waals surface area contributed by atoms with Gasteiger partial charge in [-0.3, -0.25) is 14.4 Å². The molecule has 8 nitrogen and oxygen atoms in total. The van der Waals surface area contributed by atoms with Crippen LogP contribution in [0.1, 0.15) is 62.2 Å². The molecule has 8 heteroatoms. The first-order valence-corrected chi connectivity index (χ1v) is 11.8. The number of hydrogen-bond acceptors (Lipinski definition) is 5. The fourth-order valence-corrected chi connectivity index (χ4v) is 4.90. The van der Waals surface area contributed by atoms with Gasteiger partial charge in [0.2, 0.25) is 18.6 Å². The number of amides is 3. The molecule has 2 heterocycles. The van der Waals surface area contributed by atoms with E-state index in [-0.39, 0.29) is 36.4 Å². The van der Waals surface area contributed by atoms with Gasteiger partial charge in [-0.05, 0) is 56.2 Å². The van der Waals surface area contributed by atoms with Crippen LogP contribution in [0.15, 0.2) is 18.2 Å². The second-order valence-corrected chi connectivity index (χ2v) is 8.95. The van der Waals surface area contributed by atoms with Gasteiger partial charge in [0.1, 0.15) is 6.04 Å². The number of rotatable bonds is 7. The van der Waals surface area contributed by atoms with Crippen molar-refractivity contribution in [1.29, 1.82) is 0 Å². The molecule has 2 fully saturated rings. The maximum Gasteiger partial charge on any atom is 0.252 e. The van der Waals surface area contributed by atoms with Crippen molar-refractivity contribution in [2.24, 2.45) is 11.8 Å². The zero-order valence-electron chi connectivity index (χ0n) is 18.7. The molecule has 0 spiro atoms. The van der Waals surface area contributed by atoms with Gasteiger partial charge in [-0.1, -0.05) is 19.8 Å². The van der Waals surface area contributed by atoms with Gasteiger partial charge in [-0.15, -0.1) is 0 Å². The minimum atomic E-state index is -0.636. The van der Waals surface area contributed by atoms with Crippen LogP contribution in [0.5, 0.6) is 11.5 Å². The number of likely N-dealkylation sites (tertiary alicyclic amines) is 1. The summed E-state index contributed by atoms with van der Waals surface area (Å²) in [4.78, 5) is 40.6. The molecule has 1 aromatic rings. The van der Waals surface area contributed by atoms with Gasteiger partial charge >= 0.3 is 0 Å². The van der Waals surface area contributed by atoms with E-state index >= 15 is 0 Å². The number of nitrogens with one attached hydrogen (secondary N) is 2. The monoisotopic (exact) mass is 443 g/mol. The molecule has 1 unspecified atom stereocenters. The van der Waals surface area contributed by atoms with Crippen molar-refractivity contribution in [1.82, 2.24) is 15.5 Å². The fourth-order valence-electron chi connectivity index (χ4n) is 4.90. The molecule has 4 rings (SSSR count). The van der Waals surface area contributed by atoms with Crippen molar-refractivity contribution in [3.8, 4) is 11.5 Å². The molecule has 174 valence electrons. The number of carbonyl (C=O) groups excluding carboxylic acids is 3. The maximum absolute atomic E-state index is 13.0. The summed E-state index contributed by atoms with van der Waals surface area (Å²) < 4.78 is 10.7. The van der Waals surface area contributed by atoms with E-state index in [1.165, 1.54) is 0 Å². The molecular formula is C24H33N3O5.